The van der Waals surface area contributed by atoms with E-state index >= 15 is 0 Å². The van der Waals surface area contributed by atoms with E-state index in [2.05, 4.69) is 49.3 Å². The largest absolute Gasteiger partial charge is 0.495 e. The van der Waals surface area contributed by atoms with E-state index in [0.29, 0.717) is 11.9 Å². The molecule has 0 spiro atoms. The normalized spacial score (nSPS) is 16.9. The number of benzene rings is 2. The van der Waals surface area contributed by atoms with E-state index in [1.807, 2.05) is 30.3 Å². The first-order chi connectivity index (χ1) is 12.2. The number of halogens is 2. The van der Waals surface area contributed by atoms with Crippen LogP contribution in [0.3, 0.4) is 0 Å². The van der Waals surface area contributed by atoms with Gasteiger partial charge in [0.25, 0.3) is 0 Å². The van der Waals surface area contributed by atoms with E-state index in [1.165, 1.54) is 5.69 Å². The third kappa shape index (κ3) is 5.51. The van der Waals surface area contributed by atoms with Crippen LogP contribution in [0.15, 0.2) is 58.0 Å². The molecule has 2 aromatic carbocycles. The summed E-state index contributed by atoms with van der Waals surface area (Å²) in [5.74, 6) is 1.68. The number of nitrogens with two attached hydrogens (primary N) is 1. The highest BCUT2D eigenvalue weighted by Crippen LogP contribution is 2.26. The third-order valence-corrected chi connectivity index (χ3v) is 4.84. The second-order valence-electron chi connectivity index (χ2n) is 6.13. The number of nitrogens with zero attached hydrogens (tertiary/aromatic N) is 2. The molecule has 1 fully saturated rings. The molecule has 0 bridgehead atoms. The summed E-state index contributed by atoms with van der Waals surface area (Å²) in [5.41, 5.74) is 8.11. The van der Waals surface area contributed by atoms with Gasteiger partial charge in [-0.1, -0.05) is 34.1 Å². The summed E-state index contributed by atoms with van der Waals surface area (Å²) in [5, 5.41) is 3.12. The summed E-state index contributed by atoms with van der Waals surface area (Å²) < 4.78 is 6.42. The minimum absolute atomic E-state index is 0. The summed E-state index contributed by atoms with van der Waals surface area (Å²) >= 11 is 3.53. The highest BCUT2D eigenvalue weighted by atomic mass is 127. The van der Waals surface area contributed by atoms with Gasteiger partial charge in [-0.3, -0.25) is 4.99 Å². The number of anilines is 2. The maximum atomic E-state index is 6.04. The number of nitrogens with one attached hydrogen (secondary N) is 1. The molecule has 3 N–H and O–H groups in total. The van der Waals surface area contributed by atoms with Crippen molar-refractivity contribution in [1.29, 1.82) is 0 Å². The van der Waals surface area contributed by atoms with Gasteiger partial charge in [0.15, 0.2) is 5.96 Å². The fraction of sp³-hybridized carbons (Fsp3) is 0.316. The molecule has 26 heavy (non-hydrogen) atoms. The molecule has 0 aromatic heterocycles. The molecule has 3 rings (SSSR count). The van der Waals surface area contributed by atoms with Crippen LogP contribution in [0.5, 0.6) is 5.75 Å². The SMILES string of the molecule is COc1ccccc1NC(N)=NCC1CCN(c2cccc(Br)c2)C1.I. The second-order valence-corrected chi connectivity index (χ2v) is 7.05. The molecule has 1 aliphatic rings. The van der Waals surface area contributed by atoms with Crippen LogP contribution in [-0.4, -0.2) is 32.7 Å². The van der Waals surface area contributed by atoms with Crippen molar-refractivity contribution in [3.8, 4) is 5.75 Å². The van der Waals surface area contributed by atoms with E-state index < -0.39 is 0 Å². The monoisotopic (exact) mass is 530 g/mol. The van der Waals surface area contributed by atoms with Crippen molar-refractivity contribution in [2.75, 3.05) is 37.0 Å². The average Bonchev–Trinajstić information content (AvgIpc) is 3.09. The van der Waals surface area contributed by atoms with E-state index in [-0.39, 0.29) is 24.0 Å². The lowest BCUT2D eigenvalue weighted by Crippen LogP contribution is -2.25. The first kappa shape index (κ1) is 20.8. The third-order valence-electron chi connectivity index (χ3n) is 4.35. The molecule has 2 aromatic rings. The summed E-state index contributed by atoms with van der Waals surface area (Å²) in [7, 11) is 1.64. The number of rotatable bonds is 5. The van der Waals surface area contributed by atoms with Crippen molar-refractivity contribution in [3.63, 3.8) is 0 Å². The van der Waals surface area contributed by atoms with Gasteiger partial charge < -0.3 is 20.7 Å². The van der Waals surface area contributed by atoms with Gasteiger partial charge in [-0.05, 0) is 42.7 Å². The van der Waals surface area contributed by atoms with Crippen LogP contribution in [0, 0.1) is 5.92 Å². The molecular weight excluding hydrogens is 507 g/mol. The summed E-state index contributed by atoms with van der Waals surface area (Å²) in [6, 6.07) is 16.1. The maximum absolute atomic E-state index is 6.04. The maximum Gasteiger partial charge on any atom is 0.193 e. The van der Waals surface area contributed by atoms with Crippen LogP contribution in [0.1, 0.15) is 6.42 Å². The lowest BCUT2D eigenvalue weighted by molar-refractivity contribution is 0.417. The average molecular weight is 531 g/mol. The zero-order chi connectivity index (χ0) is 17.6. The van der Waals surface area contributed by atoms with Crippen molar-refractivity contribution < 1.29 is 4.74 Å². The van der Waals surface area contributed by atoms with Crippen LogP contribution in [-0.2, 0) is 0 Å². The molecule has 1 unspecified atom stereocenters. The summed E-state index contributed by atoms with van der Waals surface area (Å²) in [6.07, 6.45) is 1.12. The minimum Gasteiger partial charge on any atom is -0.495 e. The Bertz CT molecular complexity index is 756. The number of hydrogen-bond acceptors (Lipinski definition) is 3. The van der Waals surface area contributed by atoms with E-state index in [4.69, 9.17) is 10.5 Å². The topological polar surface area (TPSA) is 62.9 Å². The van der Waals surface area contributed by atoms with E-state index in [9.17, 15) is 0 Å². The minimum atomic E-state index is 0. The van der Waals surface area contributed by atoms with Crippen LogP contribution in [0.4, 0.5) is 11.4 Å². The van der Waals surface area contributed by atoms with Crippen LogP contribution in [0.2, 0.25) is 0 Å². The van der Waals surface area contributed by atoms with Gasteiger partial charge >= 0.3 is 0 Å². The Morgan fingerprint density at radius 1 is 1.31 bits per heavy atom. The van der Waals surface area contributed by atoms with E-state index in [1.54, 1.807) is 7.11 Å². The predicted molar refractivity (Wildman–Crippen MR) is 123 cm³/mol. The molecular formula is C19H24BrIN4O. The smallest absolute Gasteiger partial charge is 0.193 e. The molecule has 0 aliphatic carbocycles. The number of ether oxygens (including phenoxy) is 1. The van der Waals surface area contributed by atoms with Crippen LogP contribution >= 0.6 is 39.9 Å². The fourth-order valence-electron chi connectivity index (χ4n) is 3.04. The Balaban J connectivity index is 0.00000243. The number of methoxy groups -OCH3 is 1. The zero-order valence-electron chi connectivity index (χ0n) is 14.7. The quantitative estimate of drug-likeness (QED) is 0.343. The molecule has 1 saturated heterocycles. The Hall–Kier alpha value is -1.48. The van der Waals surface area contributed by atoms with Gasteiger partial charge in [-0.2, -0.15) is 0 Å². The van der Waals surface area contributed by atoms with Gasteiger partial charge in [-0.25, -0.2) is 0 Å². The molecule has 1 atom stereocenters. The van der Waals surface area contributed by atoms with Gasteiger partial charge in [-0.15, -0.1) is 24.0 Å². The number of para-hydroxylation sites is 2. The highest BCUT2D eigenvalue weighted by molar-refractivity contribution is 14.0. The Labute approximate surface area is 180 Å². The van der Waals surface area contributed by atoms with Gasteiger partial charge in [0.2, 0.25) is 0 Å². The van der Waals surface area contributed by atoms with Gasteiger partial charge in [0.1, 0.15) is 5.75 Å². The van der Waals surface area contributed by atoms with Crippen molar-refractivity contribution in [2.45, 2.75) is 6.42 Å². The Kier molecular flexibility index (Phi) is 8.02. The van der Waals surface area contributed by atoms with Gasteiger partial charge in [0.05, 0.1) is 12.8 Å². The van der Waals surface area contributed by atoms with Crippen molar-refractivity contribution >= 4 is 57.2 Å². The van der Waals surface area contributed by atoms with Crippen molar-refractivity contribution in [3.05, 3.63) is 53.0 Å². The van der Waals surface area contributed by atoms with Crippen molar-refractivity contribution in [2.24, 2.45) is 16.6 Å². The molecule has 0 amide bonds. The summed E-state index contributed by atoms with van der Waals surface area (Å²) in [4.78, 5) is 6.91. The molecule has 7 heteroatoms. The lowest BCUT2D eigenvalue weighted by Gasteiger charge is -2.18. The fourth-order valence-corrected chi connectivity index (χ4v) is 3.43. The second kappa shape index (κ2) is 10.0. The Morgan fingerprint density at radius 3 is 2.88 bits per heavy atom. The molecule has 0 radical (unpaired) electrons. The van der Waals surface area contributed by atoms with E-state index in [0.717, 1.165) is 42.0 Å². The molecule has 0 saturated carbocycles. The number of hydrogen-bond donors (Lipinski definition) is 2. The predicted octanol–water partition coefficient (Wildman–Crippen LogP) is 4.33. The number of guanidine groups is 1. The molecule has 1 heterocycles. The molecule has 5 nitrogen and oxygen atoms in total. The molecule has 1 aliphatic heterocycles. The van der Waals surface area contributed by atoms with Crippen LogP contribution in [0.25, 0.3) is 0 Å². The van der Waals surface area contributed by atoms with Crippen LogP contribution < -0.4 is 20.7 Å². The van der Waals surface area contributed by atoms with Gasteiger partial charge in [0, 0.05) is 29.8 Å². The molecule has 140 valence electrons. The standard InChI is InChI=1S/C19H23BrN4O.HI/c1-25-18-8-3-2-7-17(18)23-19(21)22-12-14-9-10-24(13-14)16-6-4-5-15(20)11-16;/h2-8,11,14H,9-10,12-13H2,1H3,(H3,21,22,23);1H. The first-order valence-corrected chi connectivity index (χ1v) is 9.15. The van der Waals surface area contributed by atoms with Crippen molar-refractivity contribution in [1.82, 2.24) is 0 Å². The zero-order valence-corrected chi connectivity index (χ0v) is 18.6. The first-order valence-electron chi connectivity index (χ1n) is 8.36. The highest BCUT2D eigenvalue weighted by Gasteiger charge is 2.22. The lowest BCUT2D eigenvalue weighted by atomic mass is 10.1. The number of aliphatic imine (C=N–C) groups is 1. The summed E-state index contributed by atoms with van der Waals surface area (Å²) in [6.45, 7) is 2.77. The Morgan fingerprint density at radius 2 is 2.12 bits per heavy atom.